The summed E-state index contributed by atoms with van der Waals surface area (Å²) in [6.07, 6.45) is 6.89. The number of aryl methyl sites for hydroxylation is 1. The minimum Gasteiger partial charge on any atom is -0.272 e. The van der Waals surface area contributed by atoms with Gasteiger partial charge < -0.3 is 0 Å². The van der Waals surface area contributed by atoms with Crippen LogP contribution >= 0.6 is 0 Å². The van der Waals surface area contributed by atoms with E-state index in [-0.39, 0.29) is 0 Å². The van der Waals surface area contributed by atoms with Crippen molar-refractivity contribution in [3.05, 3.63) is 30.5 Å². The van der Waals surface area contributed by atoms with Crippen LogP contribution in [-0.4, -0.2) is 19.7 Å². The number of hydrogen-bond donors (Lipinski definition) is 0. The van der Waals surface area contributed by atoms with Crippen LogP contribution in [0.3, 0.4) is 0 Å². The van der Waals surface area contributed by atoms with Gasteiger partial charge in [0.05, 0.1) is 18.1 Å². The first kappa shape index (κ1) is 7.91. The molecule has 0 saturated carbocycles. The summed E-state index contributed by atoms with van der Waals surface area (Å²) in [7, 11) is 1.91. The van der Waals surface area contributed by atoms with Gasteiger partial charge in [-0.3, -0.25) is 14.6 Å². The second-order valence-electron chi connectivity index (χ2n) is 2.86. The fourth-order valence-corrected chi connectivity index (χ4v) is 1.19. The number of rotatable bonds is 1. The van der Waals surface area contributed by atoms with Gasteiger partial charge >= 0.3 is 0 Å². The van der Waals surface area contributed by atoms with E-state index in [1.807, 2.05) is 18.7 Å². The van der Waals surface area contributed by atoms with E-state index in [1.165, 1.54) is 0 Å². The summed E-state index contributed by atoms with van der Waals surface area (Å²) in [5.41, 5.74) is 3.00. The molecule has 0 saturated heterocycles. The van der Waals surface area contributed by atoms with Crippen LogP contribution in [0, 0.1) is 6.92 Å². The van der Waals surface area contributed by atoms with E-state index >= 15 is 0 Å². The summed E-state index contributed by atoms with van der Waals surface area (Å²) in [6, 6.07) is 0. The Kier molecular flexibility index (Phi) is 1.81. The Labute approximate surface area is 76.3 Å². The molecule has 0 unspecified atom stereocenters. The third-order valence-corrected chi connectivity index (χ3v) is 2.07. The van der Waals surface area contributed by atoms with Gasteiger partial charge in [0.15, 0.2) is 0 Å². The Morgan fingerprint density at radius 1 is 1.23 bits per heavy atom. The lowest BCUT2D eigenvalue weighted by Gasteiger charge is -1.97. The van der Waals surface area contributed by atoms with E-state index in [4.69, 9.17) is 0 Å². The maximum absolute atomic E-state index is 4.21. The van der Waals surface area contributed by atoms with Gasteiger partial charge in [-0.05, 0) is 6.92 Å². The molecule has 0 aliphatic heterocycles. The summed E-state index contributed by atoms with van der Waals surface area (Å²) in [6.45, 7) is 2.01. The lowest BCUT2D eigenvalue weighted by molar-refractivity contribution is 0.740. The average molecular weight is 174 g/mol. The minimum atomic E-state index is 0.869. The van der Waals surface area contributed by atoms with Gasteiger partial charge in [-0.1, -0.05) is 0 Å². The van der Waals surface area contributed by atoms with Crippen LogP contribution in [0.25, 0.3) is 11.3 Å². The minimum absolute atomic E-state index is 0.869. The van der Waals surface area contributed by atoms with Crippen molar-refractivity contribution in [3.63, 3.8) is 0 Å². The van der Waals surface area contributed by atoms with Crippen LogP contribution in [0.2, 0.25) is 0 Å². The monoisotopic (exact) mass is 174 g/mol. The Hall–Kier alpha value is -1.71. The van der Waals surface area contributed by atoms with Crippen LogP contribution < -0.4 is 0 Å². The third kappa shape index (κ3) is 1.30. The molecule has 0 aliphatic rings. The zero-order chi connectivity index (χ0) is 9.26. The highest BCUT2D eigenvalue weighted by Crippen LogP contribution is 2.18. The Bertz CT molecular complexity index is 405. The molecule has 13 heavy (non-hydrogen) atoms. The normalized spacial score (nSPS) is 10.3. The van der Waals surface area contributed by atoms with E-state index in [0.29, 0.717) is 0 Å². The van der Waals surface area contributed by atoms with Gasteiger partial charge in [-0.25, -0.2) is 0 Å². The largest absolute Gasteiger partial charge is 0.272 e. The Balaban J connectivity index is 2.53. The molecule has 2 aromatic rings. The van der Waals surface area contributed by atoms with E-state index in [1.54, 1.807) is 24.8 Å². The molecule has 0 bridgehead atoms. The van der Waals surface area contributed by atoms with Crippen LogP contribution in [0.1, 0.15) is 5.69 Å². The Morgan fingerprint density at radius 2 is 2.08 bits per heavy atom. The molecule has 4 heteroatoms. The second-order valence-corrected chi connectivity index (χ2v) is 2.86. The first-order valence-electron chi connectivity index (χ1n) is 4.04. The number of nitrogens with zero attached hydrogens (tertiary/aromatic N) is 4. The molecule has 0 spiro atoms. The highest BCUT2D eigenvalue weighted by molar-refractivity contribution is 5.59. The molecule has 2 rings (SSSR count). The molecular formula is C9H10N4. The molecular weight excluding hydrogens is 164 g/mol. The van der Waals surface area contributed by atoms with Gasteiger partial charge in [0.25, 0.3) is 0 Å². The molecule has 0 aromatic carbocycles. The molecule has 0 N–H and O–H groups in total. The number of hydrogen-bond acceptors (Lipinski definition) is 3. The second kappa shape index (κ2) is 2.97. The van der Waals surface area contributed by atoms with Crippen molar-refractivity contribution in [1.82, 2.24) is 19.7 Å². The van der Waals surface area contributed by atoms with E-state index in [0.717, 1.165) is 17.0 Å². The molecule has 0 aliphatic carbocycles. The molecule has 66 valence electrons. The van der Waals surface area contributed by atoms with Gasteiger partial charge in [0.2, 0.25) is 0 Å². The van der Waals surface area contributed by atoms with Crippen LogP contribution in [0.15, 0.2) is 24.8 Å². The summed E-state index contributed by atoms with van der Waals surface area (Å²) >= 11 is 0. The summed E-state index contributed by atoms with van der Waals surface area (Å²) in [5, 5.41) is 4.14. The van der Waals surface area contributed by atoms with Gasteiger partial charge in [-0.15, -0.1) is 0 Å². The first-order valence-corrected chi connectivity index (χ1v) is 4.04. The SMILES string of the molecule is Cc1c(-c2cnccn2)cnn1C. The highest BCUT2D eigenvalue weighted by Gasteiger charge is 2.06. The van der Waals surface area contributed by atoms with Crippen LogP contribution in [-0.2, 0) is 7.05 Å². The number of aromatic nitrogens is 4. The maximum Gasteiger partial charge on any atom is 0.0919 e. The molecule has 4 nitrogen and oxygen atoms in total. The summed E-state index contributed by atoms with van der Waals surface area (Å²) < 4.78 is 1.82. The standard InChI is InChI=1S/C9H10N4/c1-7-8(5-12-13(7)2)9-6-10-3-4-11-9/h3-6H,1-2H3. The van der Waals surface area contributed by atoms with E-state index in [2.05, 4.69) is 15.1 Å². The average Bonchev–Trinajstić information content (AvgIpc) is 2.49. The fraction of sp³-hybridized carbons (Fsp3) is 0.222. The maximum atomic E-state index is 4.21. The van der Waals surface area contributed by atoms with Crippen molar-refractivity contribution in [2.75, 3.05) is 0 Å². The molecule has 2 heterocycles. The van der Waals surface area contributed by atoms with Crippen molar-refractivity contribution in [2.24, 2.45) is 7.05 Å². The highest BCUT2D eigenvalue weighted by atomic mass is 15.3. The Morgan fingerprint density at radius 3 is 2.62 bits per heavy atom. The van der Waals surface area contributed by atoms with Crippen molar-refractivity contribution in [1.29, 1.82) is 0 Å². The lowest BCUT2D eigenvalue weighted by Crippen LogP contribution is -1.93. The predicted octanol–water partition coefficient (Wildman–Crippen LogP) is 1.19. The van der Waals surface area contributed by atoms with Gasteiger partial charge in [0, 0.05) is 30.7 Å². The zero-order valence-corrected chi connectivity index (χ0v) is 7.60. The van der Waals surface area contributed by atoms with Crippen LogP contribution in [0.5, 0.6) is 0 Å². The lowest BCUT2D eigenvalue weighted by atomic mass is 10.2. The van der Waals surface area contributed by atoms with E-state index in [9.17, 15) is 0 Å². The zero-order valence-electron chi connectivity index (χ0n) is 7.60. The molecule has 0 atom stereocenters. The van der Waals surface area contributed by atoms with E-state index < -0.39 is 0 Å². The smallest absolute Gasteiger partial charge is 0.0919 e. The van der Waals surface area contributed by atoms with Crippen molar-refractivity contribution in [3.8, 4) is 11.3 Å². The third-order valence-electron chi connectivity index (χ3n) is 2.07. The predicted molar refractivity (Wildman–Crippen MR) is 49.0 cm³/mol. The van der Waals surface area contributed by atoms with Crippen LogP contribution in [0.4, 0.5) is 0 Å². The quantitative estimate of drug-likeness (QED) is 0.652. The topological polar surface area (TPSA) is 43.6 Å². The summed E-state index contributed by atoms with van der Waals surface area (Å²) in [5.74, 6) is 0. The molecule has 0 radical (unpaired) electrons. The fourth-order valence-electron chi connectivity index (χ4n) is 1.19. The first-order chi connectivity index (χ1) is 6.29. The molecule has 0 amide bonds. The van der Waals surface area contributed by atoms with Crippen molar-refractivity contribution in [2.45, 2.75) is 6.92 Å². The van der Waals surface area contributed by atoms with Gasteiger partial charge in [-0.2, -0.15) is 5.10 Å². The molecule has 2 aromatic heterocycles. The summed E-state index contributed by atoms with van der Waals surface area (Å²) in [4.78, 5) is 8.22. The van der Waals surface area contributed by atoms with Gasteiger partial charge in [0.1, 0.15) is 0 Å². The van der Waals surface area contributed by atoms with Crippen molar-refractivity contribution >= 4 is 0 Å². The van der Waals surface area contributed by atoms with Crippen molar-refractivity contribution < 1.29 is 0 Å². The molecule has 0 fully saturated rings.